The molecule has 6 heteroatoms. The Hall–Kier alpha value is -2.63. The van der Waals surface area contributed by atoms with Crippen LogP contribution in [0.3, 0.4) is 0 Å². The second-order valence-electron chi connectivity index (χ2n) is 5.53. The Balaban J connectivity index is 2.21. The van der Waals surface area contributed by atoms with Gasteiger partial charge in [-0.25, -0.2) is 9.59 Å². The molecule has 0 radical (unpaired) electrons. The van der Waals surface area contributed by atoms with Crippen LogP contribution in [0.5, 0.6) is 0 Å². The largest absolute Gasteiger partial charge is 0.462 e. The second-order valence-corrected chi connectivity index (χ2v) is 5.53. The van der Waals surface area contributed by atoms with Crippen LogP contribution in [0, 0.1) is 0 Å². The van der Waals surface area contributed by atoms with Crippen LogP contribution >= 0.6 is 0 Å². The number of fused-ring (bicyclic) bond motifs is 1. The number of benzene rings is 1. The van der Waals surface area contributed by atoms with Crippen molar-refractivity contribution >= 4 is 17.8 Å². The van der Waals surface area contributed by atoms with E-state index in [0.29, 0.717) is 18.5 Å². The van der Waals surface area contributed by atoms with Gasteiger partial charge in [0, 0.05) is 25.6 Å². The molecule has 1 amide bonds. The zero-order chi connectivity index (χ0) is 16.6. The fourth-order valence-corrected chi connectivity index (χ4v) is 3.08. The first-order valence-corrected chi connectivity index (χ1v) is 7.47. The minimum atomic E-state index is -1.20. The summed E-state index contributed by atoms with van der Waals surface area (Å²) < 4.78 is 10.5. The van der Waals surface area contributed by atoms with Crippen LogP contribution in [0.4, 0.5) is 0 Å². The lowest BCUT2D eigenvalue weighted by Crippen LogP contribution is -2.46. The number of hydrogen-bond acceptors (Lipinski definition) is 5. The van der Waals surface area contributed by atoms with E-state index in [-0.39, 0.29) is 23.7 Å². The molecule has 2 heterocycles. The molecule has 2 aliphatic rings. The van der Waals surface area contributed by atoms with Gasteiger partial charge < -0.3 is 14.4 Å². The molecule has 1 fully saturated rings. The van der Waals surface area contributed by atoms with E-state index in [4.69, 9.17) is 9.47 Å². The Labute approximate surface area is 133 Å². The highest BCUT2D eigenvalue weighted by Crippen LogP contribution is 2.47. The molecule has 1 unspecified atom stereocenters. The Kier molecular flexibility index (Phi) is 3.67. The number of likely N-dealkylation sites (tertiary alicyclic amines) is 1. The van der Waals surface area contributed by atoms with Gasteiger partial charge in [-0.05, 0) is 6.92 Å². The van der Waals surface area contributed by atoms with E-state index >= 15 is 0 Å². The molecule has 1 saturated heterocycles. The molecule has 6 nitrogen and oxygen atoms in total. The monoisotopic (exact) mass is 315 g/mol. The average molecular weight is 315 g/mol. The highest BCUT2D eigenvalue weighted by atomic mass is 16.6. The summed E-state index contributed by atoms with van der Waals surface area (Å²) >= 11 is 0. The first-order chi connectivity index (χ1) is 11.0. The fourth-order valence-electron chi connectivity index (χ4n) is 3.08. The van der Waals surface area contributed by atoms with Gasteiger partial charge in [0.15, 0.2) is 11.2 Å². The van der Waals surface area contributed by atoms with Crippen molar-refractivity contribution in [1.82, 2.24) is 4.90 Å². The van der Waals surface area contributed by atoms with E-state index < -0.39 is 17.5 Å². The van der Waals surface area contributed by atoms with Gasteiger partial charge in [0.2, 0.25) is 0 Å². The minimum absolute atomic E-state index is 0.0842. The molecule has 0 bridgehead atoms. The Bertz CT molecular complexity index is 709. The van der Waals surface area contributed by atoms with Crippen molar-refractivity contribution in [2.45, 2.75) is 18.9 Å². The predicted molar refractivity (Wildman–Crippen MR) is 80.1 cm³/mol. The summed E-state index contributed by atoms with van der Waals surface area (Å²) in [6.45, 7) is 2.19. The maximum atomic E-state index is 12.7. The van der Waals surface area contributed by atoms with Crippen molar-refractivity contribution in [2.75, 3.05) is 20.2 Å². The van der Waals surface area contributed by atoms with Crippen LogP contribution in [-0.2, 0) is 29.5 Å². The van der Waals surface area contributed by atoms with E-state index in [2.05, 4.69) is 0 Å². The molecule has 0 aliphatic carbocycles. The van der Waals surface area contributed by atoms with Crippen LogP contribution in [0.1, 0.15) is 18.9 Å². The van der Waals surface area contributed by atoms with Crippen molar-refractivity contribution in [2.24, 2.45) is 0 Å². The van der Waals surface area contributed by atoms with Crippen molar-refractivity contribution < 1.29 is 23.9 Å². The van der Waals surface area contributed by atoms with Crippen molar-refractivity contribution in [3.8, 4) is 0 Å². The highest BCUT2D eigenvalue weighted by molar-refractivity contribution is 6.22. The molecular weight excluding hydrogens is 298 g/mol. The number of hydrogen-bond donors (Lipinski definition) is 0. The molecule has 0 N–H and O–H groups in total. The third-order valence-corrected chi connectivity index (χ3v) is 4.20. The van der Waals surface area contributed by atoms with Crippen molar-refractivity contribution in [1.29, 1.82) is 0 Å². The van der Waals surface area contributed by atoms with Crippen molar-refractivity contribution in [3.63, 3.8) is 0 Å². The quantitative estimate of drug-likeness (QED) is 0.618. The van der Waals surface area contributed by atoms with Crippen LogP contribution in [0.2, 0.25) is 0 Å². The average Bonchev–Trinajstić information content (AvgIpc) is 2.86. The predicted octanol–water partition coefficient (Wildman–Crippen LogP) is 1.16. The second kappa shape index (κ2) is 5.53. The molecule has 120 valence electrons. The smallest absolute Gasteiger partial charge is 0.347 e. The van der Waals surface area contributed by atoms with Crippen LogP contribution in [-0.4, -0.2) is 42.9 Å². The maximum Gasteiger partial charge on any atom is 0.347 e. The molecule has 1 atom stereocenters. The Morgan fingerprint density at radius 2 is 2.00 bits per heavy atom. The summed E-state index contributed by atoms with van der Waals surface area (Å²) in [6.07, 6.45) is 0.406. The molecule has 2 aliphatic heterocycles. The number of carbonyl (C=O) groups excluding carboxylic acids is 3. The SMILES string of the molecule is CCOC(=O)C1=C2C(=O)N(C)CCC2(c2ccccc2)OC1=O. The topological polar surface area (TPSA) is 72.9 Å². The van der Waals surface area contributed by atoms with E-state index in [1.807, 2.05) is 6.07 Å². The molecule has 1 aromatic rings. The van der Waals surface area contributed by atoms with Gasteiger partial charge in [0.05, 0.1) is 12.2 Å². The molecule has 3 rings (SSSR count). The Morgan fingerprint density at radius 1 is 1.30 bits per heavy atom. The summed E-state index contributed by atoms with van der Waals surface area (Å²) in [4.78, 5) is 38.7. The van der Waals surface area contributed by atoms with Crippen LogP contribution in [0.25, 0.3) is 0 Å². The Morgan fingerprint density at radius 3 is 2.65 bits per heavy atom. The summed E-state index contributed by atoms with van der Waals surface area (Å²) in [7, 11) is 1.63. The number of amides is 1. The van der Waals surface area contributed by atoms with E-state index in [0.717, 1.165) is 0 Å². The molecule has 1 aromatic carbocycles. The van der Waals surface area contributed by atoms with Gasteiger partial charge >= 0.3 is 11.9 Å². The molecular formula is C17H17NO5. The summed E-state index contributed by atoms with van der Waals surface area (Å²) in [5.41, 5.74) is -0.721. The molecule has 23 heavy (non-hydrogen) atoms. The van der Waals surface area contributed by atoms with E-state index in [1.165, 1.54) is 4.90 Å². The number of nitrogens with zero attached hydrogens (tertiary/aromatic N) is 1. The molecule has 0 aromatic heterocycles. The number of esters is 2. The zero-order valence-electron chi connectivity index (χ0n) is 13.0. The van der Waals surface area contributed by atoms with Gasteiger partial charge in [-0.2, -0.15) is 0 Å². The normalized spacial score (nSPS) is 23.7. The van der Waals surface area contributed by atoms with Gasteiger partial charge in [-0.3, -0.25) is 4.79 Å². The van der Waals surface area contributed by atoms with Gasteiger partial charge in [-0.1, -0.05) is 30.3 Å². The minimum Gasteiger partial charge on any atom is -0.462 e. The first kappa shape index (κ1) is 15.3. The lowest BCUT2D eigenvalue weighted by molar-refractivity contribution is -0.153. The zero-order valence-corrected chi connectivity index (χ0v) is 13.0. The maximum absolute atomic E-state index is 12.7. The molecule has 0 saturated carbocycles. The van der Waals surface area contributed by atoms with E-state index in [1.54, 1.807) is 38.2 Å². The highest BCUT2D eigenvalue weighted by Gasteiger charge is 2.56. The number of carbonyl (C=O) groups is 3. The lowest BCUT2D eigenvalue weighted by atomic mass is 9.79. The number of piperidine rings is 1. The third kappa shape index (κ3) is 2.21. The standard InChI is InChI=1S/C17H17NO5/c1-3-22-15(20)12-13-14(19)18(2)10-9-17(13,23-16(12)21)11-7-5-4-6-8-11/h4-8H,3,9-10H2,1-2H3. The summed E-state index contributed by atoms with van der Waals surface area (Å²) in [5, 5.41) is 0. The number of ether oxygens (including phenoxy) is 2. The van der Waals surface area contributed by atoms with Crippen molar-refractivity contribution in [3.05, 3.63) is 47.0 Å². The van der Waals surface area contributed by atoms with E-state index in [9.17, 15) is 14.4 Å². The first-order valence-electron chi connectivity index (χ1n) is 7.47. The van der Waals surface area contributed by atoms with Crippen LogP contribution in [0.15, 0.2) is 41.5 Å². The van der Waals surface area contributed by atoms with Gasteiger partial charge in [0.25, 0.3) is 5.91 Å². The van der Waals surface area contributed by atoms with Gasteiger partial charge in [0.1, 0.15) is 0 Å². The third-order valence-electron chi connectivity index (χ3n) is 4.20. The fraction of sp³-hybridized carbons (Fsp3) is 0.353. The molecule has 0 spiro atoms. The van der Waals surface area contributed by atoms with Crippen LogP contribution < -0.4 is 0 Å². The van der Waals surface area contributed by atoms with Gasteiger partial charge in [-0.15, -0.1) is 0 Å². The lowest BCUT2D eigenvalue weighted by Gasteiger charge is -2.38. The number of rotatable bonds is 3. The number of likely N-dealkylation sites (N-methyl/N-ethyl adjacent to an activating group) is 1. The summed E-state index contributed by atoms with van der Waals surface area (Å²) in [6, 6.07) is 9.03. The summed E-state index contributed by atoms with van der Waals surface area (Å²) in [5.74, 6) is -1.99.